The third kappa shape index (κ3) is 4.27. The second-order valence-corrected chi connectivity index (χ2v) is 8.98. The van der Waals surface area contributed by atoms with Gasteiger partial charge in [-0.05, 0) is 31.4 Å². The lowest BCUT2D eigenvalue weighted by Crippen LogP contribution is -2.08. The molecule has 0 unspecified atom stereocenters. The molecular formula is C25H23NO7S. The summed E-state index contributed by atoms with van der Waals surface area (Å²) in [4.78, 5) is 10.2. The van der Waals surface area contributed by atoms with E-state index in [-0.39, 0.29) is 29.0 Å². The zero-order valence-electron chi connectivity index (χ0n) is 18.6. The van der Waals surface area contributed by atoms with Crippen LogP contribution < -0.4 is 9.47 Å². The molecule has 0 aromatic heterocycles. The predicted octanol–water partition coefficient (Wildman–Crippen LogP) is 5.54. The standard InChI is InChI=1S/C25H23NO7S/c1-3-32-23-19-7-5-6-8-20(19)24(33-4-2)22-21(23)14-11-17(25(22)34(29,30)31)15-16-9-12-18(13-10-16)26(27)28/h5-14H,3-4,15H2,1-2H3,(H,29,30,31). The Morgan fingerprint density at radius 2 is 1.44 bits per heavy atom. The Morgan fingerprint density at radius 1 is 0.853 bits per heavy atom. The lowest BCUT2D eigenvalue weighted by Gasteiger charge is -2.20. The Labute approximate surface area is 196 Å². The molecule has 4 aromatic carbocycles. The van der Waals surface area contributed by atoms with Crippen LogP contribution in [-0.4, -0.2) is 31.1 Å². The summed E-state index contributed by atoms with van der Waals surface area (Å²) in [5, 5.41) is 13.1. The number of nitrogens with zero attached hydrogens (tertiary/aromatic N) is 1. The van der Waals surface area contributed by atoms with Crippen molar-refractivity contribution in [3.8, 4) is 11.5 Å². The summed E-state index contributed by atoms with van der Waals surface area (Å²) in [7, 11) is -4.69. The molecule has 34 heavy (non-hydrogen) atoms. The molecule has 4 rings (SSSR count). The molecule has 0 atom stereocenters. The van der Waals surface area contributed by atoms with Crippen LogP contribution in [0.5, 0.6) is 11.5 Å². The largest absolute Gasteiger partial charge is 0.493 e. The number of hydrogen-bond donors (Lipinski definition) is 1. The number of fused-ring (bicyclic) bond motifs is 2. The molecule has 0 aliphatic heterocycles. The van der Waals surface area contributed by atoms with Crippen molar-refractivity contribution in [2.75, 3.05) is 13.2 Å². The number of ether oxygens (including phenoxy) is 2. The van der Waals surface area contributed by atoms with Crippen LogP contribution in [0, 0.1) is 10.1 Å². The molecule has 0 fully saturated rings. The fraction of sp³-hybridized carbons (Fsp3) is 0.200. The van der Waals surface area contributed by atoms with E-state index in [1.165, 1.54) is 12.1 Å². The van der Waals surface area contributed by atoms with Gasteiger partial charge in [0.15, 0.2) is 0 Å². The third-order valence-electron chi connectivity index (χ3n) is 5.50. The van der Waals surface area contributed by atoms with E-state index in [9.17, 15) is 23.1 Å². The van der Waals surface area contributed by atoms with Gasteiger partial charge in [0.2, 0.25) is 0 Å². The van der Waals surface area contributed by atoms with E-state index < -0.39 is 15.0 Å². The number of nitro benzene ring substituents is 1. The Balaban J connectivity index is 2.07. The van der Waals surface area contributed by atoms with Crippen LogP contribution in [0.2, 0.25) is 0 Å². The highest BCUT2D eigenvalue weighted by Gasteiger charge is 2.26. The number of nitro groups is 1. The van der Waals surface area contributed by atoms with Crippen molar-refractivity contribution in [1.82, 2.24) is 0 Å². The van der Waals surface area contributed by atoms with Crippen molar-refractivity contribution in [2.24, 2.45) is 0 Å². The number of benzene rings is 4. The summed E-state index contributed by atoms with van der Waals surface area (Å²) in [6.45, 7) is 4.28. The minimum absolute atomic E-state index is 0.0660. The van der Waals surface area contributed by atoms with Gasteiger partial charge in [0, 0.05) is 33.7 Å². The summed E-state index contributed by atoms with van der Waals surface area (Å²) < 4.78 is 47.7. The minimum atomic E-state index is -4.69. The van der Waals surface area contributed by atoms with Gasteiger partial charge in [-0.1, -0.05) is 48.5 Å². The Bertz CT molecular complexity index is 1500. The first-order valence-corrected chi connectivity index (χ1v) is 12.2. The molecule has 0 radical (unpaired) electrons. The molecule has 8 nitrogen and oxygen atoms in total. The monoisotopic (exact) mass is 481 g/mol. The van der Waals surface area contributed by atoms with Gasteiger partial charge >= 0.3 is 0 Å². The number of non-ortho nitro benzene ring substituents is 1. The Morgan fingerprint density at radius 3 is 2.00 bits per heavy atom. The first kappa shape index (κ1) is 23.5. The summed E-state index contributed by atoms with van der Waals surface area (Å²) in [6.07, 6.45) is 0.130. The molecule has 176 valence electrons. The Kier molecular flexibility index (Phi) is 6.41. The van der Waals surface area contributed by atoms with E-state index in [2.05, 4.69) is 0 Å². The van der Waals surface area contributed by atoms with E-state index in [1.807, 2.05) is 31.2 Å². The van der Waals surface area contributed by atoms with Gasteiger partial charge in [0.25, 0.3) is 15.8 Å². The van der Waals surface area contributed by atoms with Crippen molar-refractivity contribution >= 4 is 37.4 Å². The summed E-state index contributed by atoms with van der Waals surface area (Å²) in [5.74, 6) is 0.845. The van der Waals surface area contributed by atoms with Gasteiger partial charge in [-0.15, -0.1) is 0 Å². The van der Waals surface area contributed by atoms with Crippen molar-refractivity contribution in [2.45, 2.75) is 25.2 Å². The quantitative estimate of drug-likeness (QED) is 0.152. The molecule has 0 aliphatic carbocycles. The molecule has 0 amide bonds. The zero-order chi connectivity index (χ0) is 24.5. The molecule has 1 N–H and O–H groups in total. The first-order chi connectivity index (χ1) is 16.3. The second-order valence-electron chi connectivity index (χ2n) is 7.62. The molecular weight excluding hydrogens is 458 g/mol. The molecule has 0 bridgehead atoms. The van der Waals surface area contributed by atoms with Crippen LogP contribution >= 0.6 is 0 Å². The molecule has 9 heteroatoms. The van der Waals surface area contributed by atoms with Gasteiger partial charge < -0.3 is 9.47 Å². The van der Waals surface area contributed by atoms with Gasteiger partial charge in [-0.3, -0.25) is 14.7 Å². The van der Waals surface area contributed by atoms with Gasteiger partial charge in [0.05, 0.1) is 18.1 Å². The van der Waals surface area contributed by atoms with E-state index >= 15 is 0 Å². The fourth-order valence-electron chi connectivity index (χ4n) is 4.18. The maximum absolute atomic E-state index is 12.7. The molecule has 4 aromatic rings. The zero-order valence-corrected chi connectivity index (χ0v) is 19.5. The highest BCUT2D eigenvalue weighted by Crippen LogP contribution is 2.46. The van der Waals surface area contributed by atoms with E-state index in [0.29, 0.717) is 40.0 Å². The van der Waals surface area contributed by atoms with Gasteiger partial charge in [-0.25, -0.2) is 0 Å². The molecule has 0 spiro atoms. The molecule has 0 heterocycles. The van der Waals surface area contributed by atoms with E-state index in [4.69, 9.17) is 9.47 Å². The van der Waals surface area contributed by atoms with Gasteiger partial charge in [-0.2, -0.15) is 8.42 Å². The van der Waals surface area contributed by atoms with Crippen LogP contribution in [0.4, 0.5) is 5.69 Å². The minimum Gasteiger partial charge on any atom is -0.493 e. The summed E-state index contributed by atoms with van der Waals surface area (Å²) >= 11 is 0. The van der Waals surface area contributed by atoms with Crippen molar-refractivity contribution in [3.63, 3.8) is 0 Å². The van der Waals surface area contributed by atoms with Crippen molar-refractivity contribution < 1.29 is 27.4 Å². The normalized spacial score (nSPS) is 11.6. The summed E-state index contributed by atoms with van der Waals surface area (Å²) in [6, 6.07) is 16.6. The average molecular weight is 482 g/mol. The van der Waals surface area contributed by atoms with Crippen LogP contribution in [0.1, 0.15) is 25.0 Å². The lowest BCUT2D eigenvalue weighted by molar-refractivity contribution is -0.384. The smallest absolute Gasteiger partial charge is 0.295 e. The molecule has 0 aliphatic rings. The van der Waals surface area contributed by atoms with E-state index in [0.717, 1.165) is 5.39 Å². The topological polar surface area (TPSA) is 116 Å². The lowest BCUT2D eigenvalue weighted by atomic mass is 9.96. The van der Waals surface area contributed by atoms with Crippen LogP contribution in [0.25, 0.3) is 21.5 Å². The SMILES string of the molecule is CCOc1c2ccccc2c(OCC)c2c(S(=O)(=O)O)c(Cc3ccc([N+](=O)[O-])cc3)ccc12. The first-order valence-electron chi connectivity index (χ1n) is 10.7. The second kappa shape index (κ2) is 9.28. The van der Waals surface area contributed by atoms with Crippen LogP contribution in [-0.2, 0) is 16.5 Å². The highest BCUT2D eigenvalue weighted by atomic mass is 32.2. The van der Waals surface area contributed by atoms with Crippen LogP contribution in [0.3, 0.4) is 0 Å². The number of rotatable bonds is 8. The van der Waals surface area contributed by atoms with Crippen LogP contribution in [0.15, 0.2) is 65.6 Å². The summed E-state index contributed by atoms with van der Waals surface area (Å²) in [5.41, 5.74) is 0.921. The average Bonchev–Trinajstić information content (AvgIpc) is 2.80. The van der Waals surface area contributed by atoms with Crippen molar-refractivity contribution in [1.29, 1.82) is 0 Å². The predicted molar refractivity (Wildman–Crippen MR) is 130 cm³/mol. The maximum Gasteiger partial charge on any atom is 0.295 e. The molecule has 0 saturated heterocycles. The van der Waals surface area contributed by atoms with Gasteiger partial charge in [0.1, 0.15) is 16.4 Å². The van der Waals surface area contributed by atoms with Crippen molar-refractivity contribution in [3.05, 3.63) is 81.9 Å². The maximum atomic E-state index is 12.7. The van der Waals surface area contributed by atoms with E-state index in [1.54, 1.807) is 31.2 Å². The Hall–Kier alpha value is -3.69. The number of hydrogen-bond acceptors (Lipinski definition) is 6. The fourth-order valence-corrected chi connectivity index (χ4v) is 5.11. The molecule has 0 saturated carbocycles. The third-order valence-corrected chi connectivity index (χ3v) is 6.49. The highest BCUT2D eigenvalue weighted by molar-refractivity contribution is 7.86.